The molecule has 45 heavy (non-hydrogen) atoms. The van der Waals surface area contributed by atoms with Crippen LogP contribution in [0, 0.1) is 11.8 Å². The molecule has 6 nitrogen and oxygen atoms in total. The van der Waals surface area contributed by atoms with Crippen LogP contribution in [0.4, 0.5) is 0 Å². The summed E-state index contributed by atoms with van der Waals surface area (Å²) < 4.78 is 30.6. The Morgan fingerprint density at radius 2 is 1.62 bits per heavy atom. The van der Waals surface area contributed by atoms with Gasteiger partial charge in [-0.1, -0.05) is 89.8 Å². The van der Waals surface area contributed by atoms with Gasteiger partial charge in [0.25, 0.3) is 0 Å². The quantitative estimate of drug-likeness (QED) is 0.442. The molecule has 3 fully saturated rings. The topological polar surface area (TPSA) is 74.3 Å². The van der Waals surface area contributed by atoms with E-state index in [-0.39, 0.29) is 30.3 Å². The van der Waals surface area contributed by atoms with Crippen LogP contribution in [0.3, 0.4) is 0 Å². The van der Waals surface area contributed by atoms with Crippen LogP contribution in [0.2, 0.25) is 0 Å². The second-order valence-corrected chi connectivity index (χ2v) is 16.3. The summed E-state index contributed by atoms with van der Waals surface area (Å²) in [6.07, 6.45) is 8.15. The number of hydrogen-bond acceptors (Lipinski definition) is 3. The van der Waals surface area contributed by atoms with Crippen molar-refractivity contribution < 1.29 is 30.9 Å². The van der Waals surface area contributed by atoms with E-state index in [0.29, 0.717) is 42.9 Å². The fourth-order valence-corrected chi connectivity index (χ4v) is 10.8. The summed E-state index contributed by atoms with van der Waals surface area (Å²) in [7, 11) is -3.74. The molecular formula is C36H43BrClN3O3S. The molecule has 1 aliphatic carbocycles. The van der Waals surface area contributed by atoms with Gasteiger partial charge < -0.3 is 22.6 Å². The summed E-state index contributed by atoms with van der Waals surface area (Å²) in [6, 6.07) is 26.1. The number of carbonyl (C=O) groups excluding carboxylic acids is 1. The summed E-state index contributed by atoms with van der Waals surface area (Å²) in [5.41, 5.74) is 2.94. The molecule has 1 amide bonds. The zero-order chi connectivity index (χ0) is 30.3. The Morgan fingerprint density at radius 1 is 0.911 bits per heavy atom. The van der Waals surface area contributed by atoms with Gasteiger partial charge in [0.05, 0.1) is 23.4 Å². The number of nitrogens with two attached hydrogens (primary N) is 1. The lowest BCUT2D eigenvalue weighted by molar-refractivity contribution is -0.640. The number of fused-ring (bicyclic) bond motifs is 2. The Morgan fingerprint density at radius 3 is 2.36 bits per heavy atom. The second-order valence-electron chi connectivity index (χ2n) is 13.5. The van der Waals surface area contributed by atoms with E-state index in [2.05, 4.69) is 74.7 Å². The lowest BCUT2D eigenvalue weighted by Crippen LogP contribution is -3.00. The fraction of sp³-hybridized carbons (Fsp3) is 0.472. The van der Waals surface area contributed by atoms with E-state index in [0.717, 1.165) is 35.0 Å². The third kappa shape index (κ3) is 6.14. The van der Waals surface area contributed by atoms with Gasteiger partial charge in [-0.15, -0.1) is 0 Å². The molecule has 4 aliphatic rings. The second kappa shape index (κ2) is 13.5. The Labute approximate surface area is 282 Å². The zero-order valence-electron chi connectivity index (χ0n) is 25.7. The maximum atomic E-state index is 15.0. The molecule has 0 aromatic heterocycles. The molecule has 2 saturated heterocycles. The van der Waals surface area contributed by atoms with E-state index >= 15 is 4.79 Å². The van der Waals surface area contributed by atoms with Crippen molar-refractivity contribution in [2.24, 2.45) is 11.8 Å². The maximum Gasteiger partial charge on any atom is 0.243 e. The van der Waals surface area contributed by atoms with Crippen LogP contribution in [0.15, 0.2) is 88.2 Å². The normalized spacial score (nSPS) is 27.6. The highest BCUT2D eigenvalue weighted by molar-refractivity contribution is 9.10. The Bertz CT molecular complexity index is 1600. The van der Waals surface area contributed by atoms with Crippen molar-refractivity contribution in [2.75, 3.05) is 26.2 Å². The highest BCUT2D eigenvalue weighted by atomic mass is 79.9. The molecule has 7 rings (SSSR count). The van der Waals surface area contributed by atoms with Crippen LogP contribution in [0.1, 0.15) is 67.6 Å². The predicted molar refractivity (Wildman–Crippen MR) is 176 cm³/mol. The summed E-state index contributed by atoms with van der Waals surface area (Å²) >= 11 is 3.64. The van der Waals surface area contributed by atoms with Crippen LogP contribution in [0.25, 0.3) is 0 Å². The number of quaternary nitrogens is 1. The first-order valence-electron chi connectivity index (χ1n) is 16.4. The van der Waals surface area contributed by atoms with Gasteiger partial charge in [-0.05, 0) is 78.5 Å². The molecule has 240 valence electrons. The smallest absolute Gasteiger partial charge is 0.243 e. The number of halogens is 2. The monoisotopic (exact) mass is 711 g/mol. The molecule has 1 saturated carbocycles. The highest BCUT2D eigenvalue weighted by Crippen LogP contribution is 2.46. The lowest BCUT2D eigenvalue weighted by Gasteiger charge is -2.48. The summed E-state index contributed by atoms with van der Waals surface area (Å²) in [5, 5.41) is 2.25. The van der Waals surface area contributed by atoms with Crippen molar-refractivity contribution in [1.29, 1.82) is 0 Å². The average molecular weight is 713 g/mol. The summed E-state index contributed by atoms with van der Waals surface area (Å²) in [6.45, 7) is 2.78. The van der Waals surface area contributed by atoms with Gasteiger partial charge in [0.15, 0.2) is 0 Å². The largest absolute Gasteiger partial charge is 1.00 e. The number of amides is 1. The van der Waals surface area contributed by atoms with Crippen molar-refractivity contribution in [3.05, 3.63) is 100 Å². The SMILES string of the molecule is O=C([C@@H]1C[NH2+]C[C@]12CN(S(=O)(=O)c1ccccc1)Cc1cc(Br)ccc12)N1CC[C@@H](c2ccccc2)C[C@H]1C1CCCCC1.[Cl-]. The van der Waals surface area contributed by atoms with Crippen molar-refractivity contribution in [2.45, 2.75) is 73.8 Å². The minimum Gasteiger partial charge on any atom is -1.00 e. The number of sulfonamides is 1. The van der Waals surface area contributed by atoms with E-state index < -0.39 is 15.4 Å². The van der Waals surface area contributed by atoms with Crippen LogP contribution < -0.4 is 17.7 Å². The van der Waals surface area contributed by atoms with Crippen molar-refractivity contribution in [3.63, 3.8) is 0 Å². The van der Waals surface area contributed by atoms with E-state index in [1.165, 1.54) is 37.7 Å². The molecule has 0 bridgehead atoms. The van der Waals surface area contributed by atoms with Gasteiger partial charge in [0.1, 0.15) is 5.92 Å². The van der Waals surface area contributed by atoms with Crippen LogP contribution in [-0.4, -0.2) is 55.8 Å². The van der Waals surface area contributed by atoms with E-state index in [9.17, 15) is 8.42 Å². The van der Waals surface area contributed by atoms with Crippen LogP contribution >= 0.6 is 15.9 Å². The molecule has 1 spiro atoms. The van der Waals surface area contributed by atoms with E-state index in [4.69, 9.17) is 0 Å². The zero-order valence-corrected chi connectivity index (χ0v) is 28.8. The average Bonchev–Trinajstić information content (AvgIpc) is 3.48. The lowest BCUT2D eigenvalue weighted by atomic mass is 9.67. The Kier molecular flexibility index (Phi) is 9.80. The number of piperidine rings is 1. The molecule has 0 unspecified atom stereocenters. The molecule has 3 aromatic carbocycles. The van der Waals surface area contributed by atoms with Crippen molar-refractivity contribution >= 4 is 31.9 Å². The van der Waals surface area contributed by atoms with Crippen molar-refractivity contribution in [3.8, 4) is 0 Å². The minimum atomic E-state index is -3.74. The minimum absolute atomic E-state index is 0. The first-order valence-corrected chi connectivity index (χ1v) is 18.6. The van der Waals surface area contributed by atoms with Crippen LogP contribution in [0.5, 0.6) is 0 Å². The predicted octanol–water partition coefficient (Wildman–Crippen LogP) is 2.44. The molecular weight excluding hydrogens is 670 g/mol. The van der Waals surface area contributed by atoms with Gasteiger partial charge in [0.2, 0.25) is 15.9 Å². The molecule has 9 heteroatoms. The summed E-state index contributed by atoms with van der Waals surface area (Å²) in [4.78, 5) is 17.6. The molecule has 3 heterocycles. The Hall–Kier alpha value is -2.23. The first kappa shape index (κ1) is 32.7. The third-order valence-electron chi connectivity index (χ3n) is 11.1. The molecule has 2 N–H and O–H groups in total. The van der Waals surface area contributed by atoms with Gasteiger partial charge in [0, 0.05) is 30.1 Å². The van der Waals surface area contributed by atoms with Gasteiger partial charge in [-0.3, -0.25) is 4.79 Å². The number of hydrogen-bond donors (Lipinski definition) is 1. The van der Waals surface area contributed by atoms with E-state index in [1.54, 1.807) is 28.6 Å². The van der Waals surface area contributed by atoms with Gasteiger partial charge in [-0.2, -0.15) is 4.31 Å². The molecule has 0 radical (unpaired) electrons. The van der Waals surface area contributed by atoms with Gasteiger partial charge >= 0.3 is 0 Å². The van der Waals surface area contributed by atoms with Crippen molar-refractivity contribution in [1.82, 2.24) is 9.21 Å². The number of benzene rings is 3. The number of nitrogens with zero attached hydrogens (tertiary/aromatic N) is 2. The van der Waals surface area contributed by atoms with E-state index in [1.807, 2.05) is 6.07 Å². The standard InChI is InChI=1S/C36H42BrN3O3S.ClH/c37-30-16-17-32-29(20-30)23-39(44(42,43)31-14-8-3-9-15-31)25-36(32)24-38-22-33(36)35(41)40-19-18-28(26-10-4-1-5-11-26)21-34(40)27-12-6-2-7-13-27;/h1,3-5,8-11,14-17,20,27-28,33-34,38H,2,6-7,12-13,18-19,21-25H2;1H/t28-,33+,34+,36-;/m1./s1. The van der Waals surface area contributed by atoms with Gasteiger partial charge in [-0.25, -0.2) is 8.42 Å². The molecule has 3 aliphatic heterocycles. The maximum absolute atomic E-state index is 15.0. The Balaban J connectivity index is 0.00000357. The molecule has 3 aromatic rings. The third-order valence-corrected chi connectivity index (χ3v) is 13.4. The number of rotatable bonds is 5. The first-order chi connectivity index (χ1) is 21.4. The number of carbonyl (C=O) groups is 1. The highest BCUT2D eigenvalue weighted by Gasteiger charge is 2.58. The van der Waals surface area contributed by atoms with Crippen LogP contribution in [-0.2, 0) is 26.8 Å². The number of likely N-dealkylation sites (tertiary alicyclic amines) is 1. The summed E-state index contributed by atoms with van der Waals surface area (Å²) in [5.74, 6) is 0.949. The fourth-order valence-electron chi connectivity index (χ4n) is 8.89. The molecule has 4 atom stereocenters.